The SMILES string of the molecule is COc1ccc(CNCC(O)COc2ccc3c(c2)C(SC[C@H](N)C(=O)O)C(O)C(=O)N3)cc1OC. The van der Waals surface area contributed by atoms with Crippen molar-refractivity contribution in [2.24, 2.45) is 5.73 Å². The summed E-state index contributed by atoms with van der Waals surface area (Å²) in [5, 5.41) is 34.8. The first-order chi connectivity index (χ1) is 17.2. The fourth-order valence-electron chi connectivity index (χ4n) is 3.58. The number of anilines is 1. The number of carboxylic acids is 1. The standard InChI is InChI=1S/C24H31N3O8S/c1-33-19-6-3-13(7-20(19)34-2)9-26-10-14(28)11-35-15-4-5-18-16(8-15)22(21(29)23(30)27-18)36-12-17(25)24(31)32/h3-8,14,17,21-22,26,28-29H,9-12,25H2,1-2H3,(H,27,30)(H,31,32)/t14?,17-,21?,22?/m0/s1. The molecule has 0 saturated carbocycles. The molecule has 0 saturated heterocycles. The van der Waals surface area contributed by atoms with Crippen LogP contribution in [-0.4, -0.2) is 78.6 Å². The molecular weight excluding hydrogens is 490 g/mol. The summed E-state index contributed by atoms with van der Waals surface area (Å²) in [5.41, 5.74) is 7.62. The van der Waals surface area contributed by atoms with Gasteiger partial charge in [-0.15, -0.1) is 11.8 Å². The van der Waals surface area contributed by atoms with Gasteiger partial charge >= 0.3 is 5.97 Å². The molecule has 1 amide bonds. The molecule has 1 aliphatic heterocycles. The zero-order valence-electron chi connectivity index (χ0n) is 20.0. The highest BCUT2D eigenvalue weighted by Gasteiger charge is 2.35. The highest BCUT2D eigenvalue weighted by atomic mass is 32.2. The Bertz CT molecular complexity index is 1070. The van der Waals surface area contributed by atoms with Gasteiger partial charge in [0, 0.05) is 24.5 Å². The Labute approximate surface area is 212 Å². The summed E-state index contributed by atoms with van der Waals surface area (Å²) in [5.74, 6) is -0.0340. The van der Waals surface area contributed by atoms with Gasteiger partial charge in [-0.25, -0.2) is 0 Å². The maximum atomic E-state index is 12.1. The Hall–Kier alpha value is -3.03. The van der Waals surface area contributed by atoms with E-state index in [0.717, 1.165) is 17.3 Å². The highest BCUT2D eigenvalue weighted by molar-refractivity contribution is 7.99. The number of nitrogens with one attached hydrogen (secondary N) is 2. The quantitative estimate of drug-likeness (QED) is 0.219. The van der Waals surface area contributed by atoms with Gasteiger partial charge in [0.2, 0.25) is 0 Å². The molecule has 0 spiro atoms. The number of nitrogens with two attached hydrogens (primary N) is 1. The average Bonchev–Trinajstić information content (AvgIpc) is 2.87. The first kappa shape index (κ1) is 27.6. The van der Waals surface area contributed by atoms with Crippen molar-refractivity contribution in [1.29, 1.82) is 0 Å². The fraction of sp³-hybridized carbons (Fsp3) is 0.417. The van der Waals surface area contributed by atoms with Crippen molar-refractivity contribution in [1.82, 2.24) is 5.32 Å². The summed E-state index contributed by atoms with van der Waals surface area (Å²) in [4.78, 5) is 23.1. The lowest BCUT2D eigenvalue weighted by atomic mass is 10.00. The number of aliphatic hydroxyl groups excluding tert-OH is 2. The van der Waals surface area contributed by atoms with Crippen LogP contribution in [-0.2, 0) is 16.1 Å². The molecular formula is C24H31N3O8S. The average molecular weight is 522 g/mol. The summed E-state index contributed by atoms with van der Waals surface area (Å²) >= 11 is 1.09. The number of thioether (sulfide) groups is 1. The molecule has 0 radical (unpaired) electrons. The van der Waals surface area contributed by atoms with Gasteiger partial charge in [-0.05, 0) is 41.5 Å². The smallest absolute Gasteiger partial charge is 0.321 e. The normalized spacial score (nSPS) is 18.5. The van der Waals surface area contributed by atoms with E-state index in [-0.39, 0.29) is 18.9 Å². The number of rotatable bonds is 13. The second kappa shape index (κ2) is 12.8. The van der Waals surface area contributed by atoms with Gasteiger partial charge in [-0.2, -0.15) is 0 Å². The number of aliphatic carboxylic acids is 1. The summed E-state index contributed by atoms with van der Waals surface area (Å²) in [6.45, 7) is 0.791. The number of amides is 1. The monoisotopic (exact) mass is 521 g/mol. The van der Waals surface area contributed by atoms with Crippen LogP contribution in [0.2, 0.25) is 0 Å². The first-order valence-electron chi connectivity index (χ1n) is 11.2. The zero-order valence-corrected chi connectivity index (χ0v) is 20.8. The minimum Gasteiger partial charge on any atom is -0.493 e. The van der Waals surface area contributed by atoms with Gasteiger partial charge < -0.3 is 45.9 Å². The van der Waals surface area contributed by atoms with Crippen LogP contribution in [0.4, 0.5) is 5.69 Å². The molecule has 7 N–H and O–H groups in total. The van der Waals surface area contributed by atoms with Gasteiger partial charge in [-0.3, -0.25) is 9.59 Å². The first-order valence-corrected chi connectivity index (χ1v) is 12.2. The Balaban J connectivity index is 1.55. The van der Waals surface area contributed by atoms with Gasteiger partial charge in [0.25, 0.3) is 5.91 Å². The number of carbonyl (C=O) groups excluding carboxylic acids is 1. The van der Waals surface area contributed by atoms with Crippen molar-refractivity contribution >= 4 is 29.3 Å². The van der Waals surface area contributed by atoms with Gasteiger partial charge in [0.1, 0.15) is 30.6 Å². The van der Waals surface area contributed by atoms with E-state index in [2.05, 4.69) is 10.6 Å². The van der Waals surface area contributed by atoms with E-state index in [1.165, 1.54) is 0 Å². The van der Waals surface area contributed by atoms with Crippen LogP contribution in [0.1, 0.15) is 16.4 Å². The number of methoxy groups -OCH3 is 2. The number of benzene rings is 2. The molecule has 36 heavy (non-hydrogen) atoms. The molecule has 196 valence electrons. The minimum atomic E-state index is -1.37. The molecule has 4 atom stereocenters. The minimum absolute atomic E-state index is 0.00826. The lowest BCUT2D eigenvalue weighted by Crippen LogP contribution is -2.39. The third-order valence-corrected chi connectivity index (χ3v) is 6.94. The van der Waals surface area contributed by atoms with E-state index in [1.807, 2.05) is 18.2 Å². The Morgan fingerprint density at radius 1 is 1.19 bits per heavy atom. The number of aliphatic hydroxyl groups is 2. The van der Waals surface area contributed by atoms with E-state index in [0.29, 0.717) is 35.0 Å². The van der Waals surface area contributed by atoms with Crippen molar-refractivity contribution in [3.05, 3.63) is 47.5 Å². The van der Waals surface area contributed by atoms with Gasteiger partial charge in [0.15, 0.2) is 11.5 Å². The third kappa shape index (κ3) is 7.02. The van der Waals surface area contributed by atoms with Crippen LogP contribution in [0.3, 0.4) is 0 Å². The largest absolute Gasteiger partial charge is 0.493 e. The molecule has 0 fully saturated rings. The maximum Gasteiger partial charge on any atom is 0.321 e. The predicted octanol–water partition coefficient (Wildman–Crippen LogP) is 0.733. The van der Waals surface area contributed by atoms with E-state index >= 15 is 0 Å². The molecule has 1 aliphatic rings. The number of carboxylic acid groups (broad SMARTS) is 1. The number of fused-ring (bicyclic) bond motifs is 1. The van der Waals surface area contributed by atoms with Gasteiger partial charge in [0.05, 0.1) is 19.5 Å². The summed E-state index contributed by atoms with van der Waals surface area (Å²) in [6, 6.07) is 9.38. The molecule has 1 heterocycles. The Kier molecular flexibility index (Phi) is 9.79. The summed E-state index contributed by atoms with van der Waals surface area (Å²) in [7, 11) is 3.14. The third-order valence-electron chi connectivity index (χ3n) is 5.51. The Morgan fingerprint density at radius 3 is 2.64 bits per heavy atom. The van der Waals surface area contributed by atoms with Crippen molar-refractivity contribution in [2.75, 3.05) is 38.4 Å². The second-order valence-corrected chi connectivity index (χ2v) is 9.34. The highest BCUT2D eigenvalue weighted by Crippen LogP contribution is 2.42. The molecule has 11 nitrogen and oxygen atoms in total. The number of hydrogen-bond donors (Lipinski definition) is 6. The molecule has 3 rings (SSSR count). The van der Waals surface area contributed by atoms with E-state index in [4.69, 9.17) is 25.1 Å². The molecule has 3 unspecified atom stereocenters. The number of hydrogen-bond acceptors (Lipinski definition) is 10. The van der Waals surface area contributed by atoms with E-state index in [1.54, 1.807) is 32.4 Å². The van der Waals surface area contributed by atoms with Crippen LogP contribution in [0.15, 0.2) is 36.4 Å². The molecule has 0 aliphatic carbocycles. The van der Waals surface area contributed by atoms with Crippen molar-refractivity contribution in [3.63, 3.8) is 0 Å². The van der Waals surface area contributed by atoms with E-state index in [9.17, 15) is 19.8 Å². The molecule has 2 aromatic rings. The second-order valence-electron chi connectivity index (χ2n) is 8.17. The van der Waals surface area contributed by atoms with Gasteiger partial charge in [-0.1, -0.05) is 6.07 Å². The van der Waals surface area contributed by atoms with E-state index < -0.39 is 35.4 Å². The summed E-state index contributed by atoms with van der Waals surface area (Å²) < 4.78 is 16.2. The van der Waals surface area contributed by atoms with Crippen LogP contribution in [0.5, 0.6) is 17.2 Å². The fourth-order valence-corrected chi connectivity index (χ4v) is 4.82. The number of carbonyl (C=O) groups is 2. The van der Waals surface area contributed by atoms with Crippen LogP contribution >= 0.6 is 11.8 Å². The van der Waals surface area contributed by atoms with Crippen molar-refractivity contribution in [3.8, 4) is 17.2 Å². The topological polar surface area (TPSA) is 173 Å². The maximum absolute atomic E-state index is 12.1. The molecule has 12 heteroatoms. The Morgan fingerprint density at radius 2 is 1.94 bits per heavy atom. The van der Waals surface area contributed by atoms with Crippen LogP contribution < -0.4 is 30.6 Å². The number of ether oxygens (including phenoxy) is 3. The van der Waals surface area contributed by atoms with Crippen LogP contribution in [0, 0.1) is 0 Å². The van der Waals surface area contributed by atoms with Crippen molar-refractivity contribution < 1.29 is 39.1 Å². The predicted molar refractivity (Wildman–Crippen MR) is 135 cm³/mol. The van der Waals surface area contributed by atoms with Crippen molar-refractivity contribution in [2.45, 2.75) is 30.0 Å². The zero-order chi connectivity index (χ0) is 26.2. The molecule has 2 aromatic carbocycles. The lowest BCUT2D eigenvalue weighted by molar-refractivity contribution is -0.137. The molecule has 0 aromatic heterocycles. The lowest BCUT2D eigenvalue weighted by Gasteiger charge is -2.30. The summed E-state index contributed by atoms with van der Waals surface area (Å²) in [6.07, 6.45) is -2.17. The molecule has 0 bridgehead atoms. The van der Waals surface area contributed by atoms with Crippen LogP contribution in [0.25, 0.3) is 0 Å².